The maximum Gasteiger partial charge on any atom is 0.256 e. The lowest BCUT2D eigenvalue weighted by atomic mass is 9.88. The van der Waals surface area contributed by atoms with E-state index in [1.54, 1.807) is 32.4 Å². The molecular weight excluding hydrogens is 467 g/mol. The van der Waals surface area contributed by atoms with Gasteiger partial charge in [-0.25, -0.2) is 4.39 Å². The van der Waals surface area contributed by atoms with Crippen LogP contribution < -0.4 is 9.47 Å². The van der Waals surface area contributed by atoms with E-state index in [1.165, 1.54) is 17.2 Å². The van der Waals surface area contributed by atoms with Gasteiger partial charge < -0.3 is 14.4 Å². The van der Waals surface area contributed by atoms with Crippen LogP contribution in [0, 0.1) is 17.7 Å². The first-order valence-electron chi connectivity index (χ1n) is 12.9. The Balaban J connectivity index is 1.60. The van der Waals surface area contributed by atoms with Gasteiger partial charge in [-0.05, 0) is 59.4 Å². The minimum absolute atomic E-state index is 0.135. The number of amides is 1. The van der Waals surface area contributed by atoms with E-state index in [0.29, 0.717) is 13.1 Å². The van der Waals surface area contributed by atoms with Gasteiger partial charge in [-0.2, -0.15) is 0 Å². The highest BCUT2D eigenvalue weighted by atomic mass is 19.1. The lowest BCUT2D eigenvalue weighted by Crippen LogP contribution is -2.40. The van der Waals surface area contributed by atoms with Crippen molar-refractivity contribution in [2.45, 2.75) is 26.3 Å². The number of benzene rings is 3. The number of hydrogen-bond donors (Lipinski definition) is 0. The fraction of sp³-hybridized carbons (Fsp3) is 0.387. The van der Waals surface area contributed by atoms with Crippen LogP contribution >= 0.6 is 0 Å². The van der Waals surface area contributed by atoms with Crippen molar-refractivity contribution in [3.63, 3.8) is 0 Å². The molecule has 0 aromatic heterocycles. The molecule has 0 aliphatic carbocycles. The third kappa shape index (κ3) is 6.69. The van der Waals surface area contributed by atoms with Crippen LogP contribution in [-0.4, -0.2) is 56.1 Å². The van der Waals surface area contributed by atoms with E-state index in [0.717, 1.165) is 31.1 Å². The van der Waals surface area contributed by atoms with Gasteiger partial charge in [0.05, 0.1) is 19.8 Å². The maximum absolute atomic E-state index is 14.6. The Bertz CT molecular complexity index is 1180. The van der Waals surface area contributed by atoms with Crippen LogP contribution in [0.1, 0.15) is 41.3 Å². The topological polar surface area (TPSA) is 42.0 Å². The maximum atomic E-state index is 14.6. The van der Waals surface area contributed by atoms with E-state index in [1.807, 2.05) is 29.2 Å². The predicted octanol–water partition coefficient (Wildman–Crippen LogP) is 5.86. The SMILES string of the molecule is COc1ccc(C2CN(Cc3cccc(OC)c3)CC2CN(CC(C)C)C(=O)c2ccccc2F)cc1. The van der Waals surface area contributed by atoms with E-state index >= 15 is 0 Å². The Morgan fingerprint density at radius 3 is 2.38 bits per heavy atom. The summed E-state index contributed by atoms with van der Waals surface area (Å²) in [6, 6.07) is 22.7. The molecule has 4 rings (SSSR count). The molecule has 6 heteroatoms. The summed E-state index contributed by atoms with van der Waals surface area (Å²) in [4.78, 5) is 17.8. The molecule has 1 aliphatic heterocycles. The van der Waals surface area contributed by atoms with Gasteiger partial charge in [0.1, 0.15) is 17.3 Å². The average molecular weight is 505 g/mol. The lowest BCUT2D eigenvalue weighted by Gasteiger charge is -2.30. The fourth-order valence-electron chi connectivity index (χ4n) is 5.30. The number of hydrogen-bond acceptors (Lipinski definition) is 4. The van der Waals surface area contributed by atoms with Crippen LogP contribution in [0.4, 0.5) is 4.39 Å². The molecule has 0 N–H and O–H groups in total. The van der Waals surface area contributed by atoms with E-state index in [9.17, 15) is 9.18 Å². The van der Waals surface area contributed by atoms with Gasteiger partial charge in [-0.3, -0.25) is 9.69 Å². The van der Waals surface area contributed by atoms with Crippen molar-refractivity contribution in [3.8, 4) is 11.5 Å². The second-order valence-corrected chi connectivity index (χ2v) is 10.3. The predicted molar refractivity (Wildman–Crippen MR) is 145 cm³/mol. The zero-order valence-electron chi connectivity index (χ0n) is 22.2. The molecule has 1 saturated heterocycles. The molecule has 2 unspecified atom stereocenters. The molecule has 0 bridgehead atoms. The Morgan fingerprint density at radius 1 is 0.973 bits per heavy atom. The van der Waals surface area contributed by atoms with Crippen molar-refractivity contribution in [2.75, 3.05) is 40.4 Å². The molecule has 0 radical (unpaired) electrons. The number of ether oxygens (including phenoxy) is 2. The van der Waals surface area contributed by atoms with Crippen molar-refractivity contribution in [3.05, 3.63) is 95.3 Å². The molecule has 2 atom stereocenters. The average Bonchev–Trinajstić information content (AvgIpc) is 3.30. The summed E-state index contributed by atoms with van der Waals surface area (Å²) >= 11 is 0. The van der Waals surface area contributed by atoms with Crippen LogP contribution in [0.2, 0.25) is 0 Å². The third-order valence-electron chi connectivity index (χ3n) is 7.03. The van der Waals surface area contributed by atoms with Crippen molar-refractivity contribution >= 4 is 5.91 Å². The molecule has 1 amide bonds. The first-order valence-corrected chi connectivity index (χ1v) is 12.9. The normalized spacial score (nSPS) is 17.7. The minimum Gasteiger partial charge on any atom is -0.497 e. The van der Waals surface area contributed by atoms with Crippen molar-refractivity contribution in [2.24, 2.45) is 11.8 Å². The van der Waals surface area contributed by atoms with E-state index in [2.05, 4.69) is 43.0 Å². The number of rotatable bonds is 10. The van der Waals surface area contributed by atoms with Crippen LogP contribution in [0.5, 0.6) is 11.5 Å². The molecule has 196 valence electrons. The van der Waals surface area contributed by atoms with Crippen molar-refractivity contribution < 1.29 is 18.7 Å². The quantitative estimate of drug-likeness (QED) is 0.347. The largest absolute Gasteiger partial charge is 0.497 e. The van der Waals surface area contributed by atoms with Crippen LogP contribution in [0.3, 0.4) is 0 Å². The molecule has 1 heterocycles. The van der Waals surface area contributed by atoms with Crippen molar-refractivity contribution in [1.29, 1.82) is 0 Å². The standard InChI is InChI=1S/C31H37FN2O3/c1-22(2)17-34(31(35)28-10-5-6-11-30(28)32)20-25-19-33(18-23-8-7-9-27(16-23)37-4)21-29(25)24-12-14-26(36-3)15-13-24/h5-16,22,25,29H,17-21H2,1-4H3. The van der Waals surface area contributed by atoms with Crippen molar-refractivity contribution in [1.82, 2.24) is 9.80 Å². The first-order chi connectivity index (χ1) is 17.9. The van der Waals surface area contributed by atoms with Crippen LogP contribution in [0.25, 0.3) is 0 Å². The Morgan fingerprint density at radius 2 is 1.70 bits per heavy atom. The molecule has 3 aromatic carbocycles. The molecule has 1 fully saturated rings. The molecular formula is C31H37FN2O3. The van der Waals surface area contributed by atoms with Gasteiger partial charge in [0.25, 0.3) is 5.91 Å². The molecule has 0 saturated carbocycles. The molecule has 37 heavy (non-hydrogen) atoms. The molecule has 0 spiro atoms. The van der Waals surface area contributed by atoms with Crippen LogP contribution in [0.15, 0.2) is 72.8 Å². The number of carbonyl (C=O) groups is 1. The van der Waals surface area contributed by atoms with E-state index in [-0.39, 0.29) is 29.2 Å². The minimum atomic E-state index is -0.473. The summed E-state index contributed by atoms with van der Waals surface area (Å²) in [7, 11) is 3.35. The Labute approximate surface area is 219 Å². The highest BCUT2D eigenvalue weighted by Crippen LogP contribution is 2.35. The van der Waals surface area contributed by atoms with Gasteiger partial charge in [0.2, 0.25) is 0 Å². The first kappa shape index (κ1) is 26.7. The van der Waals surface area contributed by atoms with Crippen LogP contribution in [-0.2, 0) is 6.54 Å². The van der Waals surface area contributed by atoms with Gasteiger partial charge in [-0.15, -0.1) is 0 Å². The summed E-state index contributed by atoms with van der Waals surface area (Å²) in [5.74, 6) is 1.66. The zero-order valence-corrected chi connectivity index (χ0v) is 22.2. The van der Waals surface area contributed by atoms with Gasteiger partial charge in [0.15, 0.2) is 0 Å². The summed E-state index contributed by atoms with van der Waals surface area (Å²) in [6.45, 7) is 7.83. The number of nitrogens with zero attached hydrogens (tertiary/aromatic N) is 2. The molecule has 3 aromatic rings. The highest BCUT2D eigenvalue weighted by Gasteiger charge is 2.36. The Kier molecular flexibility index (Phi) is 8.82. The van der Waals surface area contributed by atoms with E-state index in [4.69, 9.17) is 9.47 Å². The fourth-order valence-corrected chi connectivity index (χ4v) is 5.30. The second-order valence-electron chi connectivity index (χ2n) is 10.3. The molecule has 1 aliphatic rings. The van der Waals surface area contributed by atoms with Gasteiger partial charge in [0, 0.05) is 38.6 Å². The zero-order chi connectivity index (χ0) is 26.4. The summed E-state index contributed by atoms with van der Waals surface area (Å²) < 4.78 is 25.3. The number of methoxy groups -OCH3 is 2. The van der Waals surface area contributed by atoms with Gasteiger partial charge >= 0.3 is 0 Å². The monoisotopic (exact) mass is 504 g/mol. The second kappa shape index (κ2) is 12.2. The molecule has 5 nitrogen and oxygen atoms in total. The number of likely N-dealkylation sites (tertiary alicyclic amines) is 1. The third-order valence-corrected chi connectivity index (χ3v) is 7.03. The van der Waals surface area contributed by atoms with Gasteiger partial charge in [-0.1, -0.05) is 50.2 Å². The smallest absolute Gasteiger partial charge is 0.256 e. The summed E-state index contributed by atoms with van der Waals surface area (Å²) in [5, 5.41) is 0. The number of halogens is 1. The number of carbonyl (C=O) groups excluding carboxylic acids is 1. The van der Waals surface area contributed by atoms with E-state index < -0.39 is 5.82 Å². The summed E-state index contributed by atoms with van der Waals surface area (Å²) in [6.07, 6.45) is 0. The Hall–Kier alpha value is -3.38. The highest BCUT2D eigenvalue weighted by molar-refractivity contribution is 5.94. The summed E-state index contributed by atoms with van der Waals surface area (Å²) in [5.41, 5.74) is 2.55. The lowest BCUT2D eigenvalue weighted by molar-refractivity contribution is 0.0698.